The molecule has 1 spiro atoms. The Hall–Kier alpha value is -4.26. The number of nitrogens with zero attached hydrogens (tertiary/aromatic N) is 2. The molecule has 1 fully saturated rings. The predicted octanol–water partition coefficient (Wildman–Crippen LogP) is 3.22. The molecule has 0 bridgehead atoms. The Morgan fingerprint density at radius 2 is 1.55 bits per heavy atom. The van der Waals surface area contributed by atoms with Gasteiger partial charge < -0.3 is 10.2 Å². The third-order valence-electron chi connectivity index (χ3n) is 6.83. The summed E-state index contributed by atoms with van der Waals surface area (Å²) in [5.41, 5.74) is 2.40. The Labute approximate surface area is 189 Å². The quantitative estimate of drug-likeness (QED) is 0.624. The minimum Gasteiger partial charge on any atom is -0.337 e. The van der Waals surface area contributed by atoms with Crippen molar-refractivity contribution in [2.24, 2.45) is 0 Å². The van der Waals surface area contributed by atoms with Crippen LogP contribution in [0.3, 0.4) is 0 Å². The molecule has 1 unspecified atom stereocenters. The van der Waals surface area contributed by atoms with E-state index in [-0.39, 0.29) is 18.4 Å². The normalized spacial score (nSPS) is 20.9. The van der Waals surface area contributed by atoms with Gasteiger partial charge in [0.15, 0.2) is 0 Å². The third kappa shape index (κ3) is 2.68. The van der Waals surface area contributed by atoms with Gasteiger partial charge >= 0.3 is 0 Å². The Balaban J connectivity index is 1.29. The lowest BCUT2D eigenvalue weighted by molar-refractivity contribution is -0.120. The average Bonchev–Trinajstić information content (AvgIpc) is 3.48. The van der Waals surface area contributed by atoms with E-state index in [9.17, 15) is 19.2 Å². The first-order valence-electron chi connectivity index (χ1n) is 10.8. The molecule has 1 atom stereocenters. The van der Waals surface area contributed by atoms with Gasteiger partial charge in [0.2, 0.25) is 5.91 Å². The molecule has 0 saturated carbocycles. The lowest BCUT2D eigenvalue weighted by Crippen LogP contribution is -2.39. The average molecular weight is 437 g/mol. The maximum absolute atomic E-state index is 13.4. The second-order valence-corrected chi connectivity index (χ2v) is 8.60. The van der Waals surface area contributed by atoms with Crippen molar-refractivity contribution in [3.8, 4) is 0 Å². The number of carbonyl (C=O) groups is 4. The van der Waals surface area contributed by atoms with Crippen molar-refractivity contribution in [2.45, 2.75) is 11.8 Å². The molecule has 3 aliphatic heterocycles. The lowest BCUT2D eigenvalue weighted by Gasteiger charge is -2.23. The number of rotatable bonds is 2. The third-order valence-corrected chi connectivity index (χ3v) is 6.83. The Bertz CT molecular complexity index is 1350. The highest BCUT2D eigenvalue weighted by molar-refractivity contribution is 6.34. The molecular formula is C26H19N3O4. The molecule has 1 N–H and O–H groups in total. The van der Waals surface area contributed by atoms with Crippen molar-refractivity contribution in [3.05, 3.63) is 95.1 Å². The van der Waals surface area contributed by atoms with Gasteiger partial charge in [-0.05, 0) is 48.4 Å². The highest BCUT2D eigenvalue weighted by Crippen LogP contribution is 2.44. The minimum absolute atomic E-state index is 0.0845. The summed E-state index contributed by atoms with van der Waals surface area (Å²) in [7, 11) is 0. The van der Waals surface area contributed by atoms with Crippen molar-refractivity contribution < 1.29 is 19.2 Å². The Kier molecular flexibility index (Phi) is 4.04. The van der Waals surface area contributed by atoms with Gasteiger partial charge in [-0.25, -0.2) is 4.90 Å². The molecule has 3 heterocycles. The number of likely N-dealkylation sites (tertiary alicyclic amines) is 1. The van der Waals surface area contributed by atoms with Gasteiger partial charge in [0.05, 0.1) is 22.2 Å². The van der Waals surface area contributed by atoms with Crippen molar-refractivity contribution in [1.82, 2.24) is 4.90 Å². The molecule has 6 rings (SSSR count). The van der Waals surface area contributed by atoms with E-state index < -0.39 is 17.2 Å². The van der Waals surface area contributed by atoms with E-state index in [0.29, 0.717) is 35.3 Å². The Morgan fingerprint density at radius 1 is 0.848 bits per heavy atom. The molecule has 0 aliphatic carbocycles. The highest BCUT2D eigenvalue weighted by atomic mass is 16.2. The number of fused-ring (bicyclic) bond motifs is 3. The van der Waals surface area contributed by atoms with Gasteiger partial charge in [0, 0.05) is 24.3 Å². The van der Waals surface area contributed by atoms with Crippen LogP contribution >= 0.6 is 0 Å². The highest BCUT2D eigenvalue weighted by Gasteiger charge is 2.52. The fourth-order valence-electron chi connectivity index (χ4n) is 5.15. The summed E-state index contributed by atoms with van der Waals surface area (Å²) in [5.74, 6) is -1.12. The molecule has 33 heavy (non-hydrogen) atoms. The fourth-order valence-corrected chi connectivity index (χ4v) is 5.15. The molecule has 3 aromatic carbocycles. The number of nitrogens with one attached hydrogen (secondary N) is 1. The summed E-state index contributed by atoms with van der Waals surface area (Å²) in [6.45, 7) is 0.726. The number of para-hydroxylation sites is 1. The monoisotopic (exact) mass is 437 g/mol. The lowest BCUT2D eigenvalue weighted by atomic mass is 9.81. The molecule has 7 heteroatoms. The smallest absolute Gasteiger partial charge is 0.266 e. The first-order chi connectivity index (χ1) is 16.0. The summed E-state index contributed by atoms with van der Waals surface area (Å²) in [4.78, 5) is 54.6. The van der Waals surface area contributed by atoms with E-state index >= 15 is 0 Å². The SMILES string of the molecule is O=C(c1cccc(N2C(=O)c3ccccc3C2=O)c1)N1CCC2(C1)C(=O)Nc1ccccc12. The van der Waals surface area contributed by atoms with Crippen LogP contribution in [0.1, 0.15) is 43.1 Å². The zero-order valence-corrected chi connectivity index (χ0v) is 17.6. The van der Waals surface area contributed by atoms with Gasteiger partial charge in [0.1, 0.15) is 0 Å². The van der Waals surface area contributed by atoms with Crippen LogP contribution in [0.5, 0.6) is 0 Å². The molecular weight excluding hydrogens is 418 g/mol. The molecule has 0 aromatic heterocycles. The molecule has 4 amide bonds. The van der Waals surface area contributed by atoms with Crippen molar-refractivity contribution >= 4 is 35.0 Å². The largest absolute Gasteiger partial charge is 0.337 e. The first kappa shape index (κ1) is 19.4. The number of amides is 4. The summed E-state index contributed by atoms with van der Waals surface area (Å²) in [5, 5.41) is 2.94. The second kappa shape index (κ2) is 6.87. The van der Waals surface area contributed by atoms with Gasteiger partial charge in [0.25, 0.3) is 17.7 Å². The van der Waals surface area contributed by atoms with Crippen molar-refractivity contribution in [3.63, 3.8) is 0 Å². The van der Waals surface area contributed by atoms with E-state index in [0.717, 1.165) is 16.2 Å². The second-order valence-electron chi connectivity index (χ2n) is 8.60. The number of benzene rings is 3. The minimum atomic E-state index is -0.744. The number of hydrogen-bond acceptors (Lipinski definition) is 4. The zero-order chi connectivity index (χ0) is 22.7. The standard InChI is InChI=1S/C26H19N3O4/c30-22(28-13-12-26(15-28)20-10-3-4-11-21(20)27-25(26)33)16-6-5-7-17(14-16)29-23(31)18-8-1-2-9-19(18)24(29)32/h1-11,14H,12-13,15H2,(H,27,33). The molecule has 0 radical (unpaired) electrons. The van der Waals surface area contributed by atoms with Crippen LogP contribution in [-0.2, 0) is 10.2 Å². The van der Waals surface area contributed by atoms with Gasteiger partial charge in [-0.1, -0.05) is 36.4 Å². The zero-order valence-electron chi connectivity index (χ0n) is 17.6. The number of hydrogen-bond donors (Lipinski definition) is 1. The number of imide groups is 1. The first-order valence-corrected chi connectivity index (χ1v) is 10.8. The van der Waals surface area contributed by atoms with Gasteiger partial charge in [-0.15, -0.1) is 0 Å². The topological polar surface area (TPSA) is 86.8 Å². The molecule has 3 aliphatic rings. The van der Waals surface area contributed by atoms with Crippen molar-refractivity contribution in [2.75, 3.05) is 23.3 Å². The van der Waals surface area contributed by atoms with Crippen LogP contribution in [-0.4, -0.2) is 41.6 Å². The molecule has 162 valence electrons. The maximum atomic E-state index is 13.4. The summed E-state index contributed by atoms with van der Waals surface area (Å²) in [6.07, 6.45) is 0.541. The summed E-state index contributed by atoms with van der Waals surface area (Å²) >= 11 is 0. The fraction of sp³-hybridized carbons (Fsp3) is 0.154. The number of carbonyl (C=O) groups excluding carboxylic acids is 4. The van der Waals surface area contributed by atoms with E-state index in [1.807, 2.05) is 24.3 Å². The van der Waals surface area contributed by atoms with E-state index in [4.69, 9.17) is 0 Å². The van der Waals surface area contributed by atoms with Gasteiger partial charge in [-0.2, -0.15) is 0 Å². The van der Waals surface area contributed by atoms with E-state index in [2.05, 4.69) is 5.32 Å². The van der Waals surface area contributed by atoms with Crippen LogP contribution in [0.15, 0.2) is 72.8 Å². The Morgan fingerprint density at radius 3 is 2.30 bits per heavy atom. The van der Waals surface area contributed by atoms with E-state index in [1.165, 1.54) is 0 Å². The molecule has 7 nitrogen and oxygen atoms in total. The van der Waals surface area contributed by atoms with Gasteiger partial charge in [-0.3, -0.25) is 19.2 Å². The predicted molar refractivity (Wildman–Crippen MR) is 121 cm³/mol. The van der Waals surface area contributed by atoms with E-state index in [1.54, 1.807) is 53.4 Å². The summed E-state index contributed by atoms with van der Waals surface area (Å²) in [6, 6.07) is 20.8. The van der Waals surface area contributed by atoms with Crippen LogP contribution in [0.25, 0.3) is 0 Å². The van der Waals surface area contributed by atoms with Crippen LogP contribution in [0.4, 0.5) is 11.4 Å². The van der Waals surface area contributed by atoms with Crippen molar-refractivity contribution in [1.29, 1.82) is 0 Å². The molecule has 3 aromatic rings. The van der Waals surface area contributed by atoms with Crippen LogP contribution in [0.2, 0.25) is 0 Å². The molecule has 1 saturated heterocycles. The van der Waals surface area contributed by atoms with Crippen LogP contribution < -0.4 is 10.2 Å². The van der Waals surface area contributed by atoms with Crippen LogP contribution in [0, 0.1) is 0 Å². The summed E-state index contributed by atoms with van der Waals surface area (Å²) < 4.78 is 0. The number of anilines is 2. The maximum Gasteiger partial charge on any atom is 0.266 e.